The molecule has 2 aromatic heterocycles. The van der Waals surface area contributed by atoms with Gasteiger partial charge in [-0.1, -0.05) is 14.7 Å². The van der Waals surface area contributed by atoms with Crippen molar-refractivity contribution in [2.24, 2.45) is 0 Å². The molecule has 31 heavy (non-hydrogen) atoms. The molecule has 6 rings (SSSR count). The minimum absolute atomic E-state index is 0.00714. The maximum atomic E-state index is 14.5. The van der Waals surface area contributed by atoms with Crippen LogP contribution in [0.5, 0.6) is 0 Å². The van der Waals surface area contributed by atoms with Gasteiger partial charge in [-0.05, 0) is 37.2 Å². The van der Waals surface area contributed by atoms with E-state index in [1.54, 1.807) is 16.7 Å². The van der Waals surface area contributed by atoms with E-state index in [1.165, 1.54) is 18.9 Å². The van der Waals surface area contributed by atoms with Crippen LogP contribution in [0.4, 0.5) is 4.39 Å². The molecule has 0 spiro atoms. The number of halogens is 1. The molecule has 2 unspecified atom stereocenters. The van der Waals surface area contributed by atoms with Crippen molar-refractivity contribution in [2.45, 2.75) is 31.6 Å². The van der Waals surface area contributed by atoms with Gasteiger partial charge in [-0.15, -0.1) is 0 Å². The Morgan fingerprint density at radius 1 is 1.16 bits per heavy atom. The van der Waals surface area contributed by atoms with Gasteiger partial charge in [-0.2, -0.15) is 0 Å². The number of carbonyl (C=O) groups is 1. The molecule has 0 bridgehead atoms. The van der Waals surface area contributed by atoms with Gasteiger partial charge in [0.2, 0.25) is 0 Å². The van der Waals surface area contributed by atoms with Crippen molar-refractivity contribution in [3.63, 3.8) is 0 Å². The second-order valence-electron chi connectivity index (χ2n) is 8.75. The van der Waals surface area contributed by atoms with Crippen LogP contribution in [-0.2, 0) is 4.79 Å². The van der Waals surface area contributed by atoms with Crippen LogP contribution in [0.25, 0.3) is 11.0 Å². The van der Waals surface area contributed by atoms with Crippen LogP contribution < -0.4 is 0 Å². The Morgan fingerprint density at radius 3 is 2.74 bits per heavy atom. The normalized spacial score (nSPS) is 25.2. The molecular formula is C23H25FN5OP. The van der Waals surface area contributed by atoms with Crippen LogP contribution in [-0.4, -0.2) is 68.0 Å². The summed E-state index contributed by atoms with van der Waals surface area (Å²) >= 11 is 0. The Morgan fingerprint density at radius 2 is 1.97 bits per heavy atom. The maximum Gasteiger partial charge on any atom is 0.252 e. The number of piperazine rings is 1. The summed E-state index contributed by atoms with van der Waals surface area (Å²) in [6.07, 6.45) is 14.3. The van der Waals surface area contributed by atoms with Crippen LogP contribution in [0.15, 0.2) is 48.6 Å². The van der Waals surface area contributed by atoms with Gasteiger partial charge < -0.3 is 14.2 Å². The van der Waals surface area contributed by atoms with Gasteiger partial charge in [0, 0.05) is 62.5 Å². The highest BCUT2D eigenvalue weighted by Gasteiger charge is 2.33. The Balaban J connectivity index is 1.23. The molecule has 4 aliphatic rings. The van der Waals surface area contributed by atoms with Crippen molar-refractivity contribution in [3.8, 4) is 0 Å². The van der Waals surface area contributed by atoms with Crippen molar-refractivity contribution in [1.29, 1.82) is 0 Å². The summed E-state index contributed by atoms with van der Waals surface area (Å²) in [5.74, 6) is -0.412. The standard InChI is InChI=1S/C23H25FN5OP/c1-15-12-28-13-16(10-19(24)23(28)25-15)20-11-21(30)29-14-18(4-5-22(29)31-20)27-8-6-26(7-9-27)17-2-3-17/h4-5,10-14,17,22,31H,2-3,6-9H2,1H3. The zero-order valence-electron chi connectivity index (χ0n) is 17.5. The molecule has 5 heterocycles. The van der Waals surface area contributed by atoms with Crippen molar-refractivity contribution < 1.29 is 9.18 Å². The maximum absolute atomic E-state index is 14.5. The predicted molar refractivity (Wildman–Crippen MR) is 120 cm³/mol. The van der Waals surface area contributed by atoms with Gasteiger partial charge in [-0.25, -0.2) is 9.37 Å². The smallest absolute Gasteiger partial charge is 0.252 e. The van der Waals surface area contributed by atoms with Crippen LogP contribution >= 0.6 is 8.58 Å². The summed E-state index contributed by atoms with van der Waals surface area (Å²) in [5.41, 5.74) is 2.95. The first-order valence-electron chi connectivity index (χ1n) is 10.9. The molecular weight excluding hydrogens is 412 g/mol. The third-order valence-electron chi connectivity index (χ3n) is 6.53. The third-order valence-corrected chi connectivity index (χ3v) is 8.04. The molecule has 0 N–H and O–H groups in total. The highest BCUT2D eigenvalue weighted by Crippen LogP contribution is 2.45. The molecule has 160 valence electrons. The van der Waals surface area contributed by atoms with E-state index in [2.05, 4.69) is 26.9 Å². The van der Waals surface area contributed by atoms with E-state index in [9.17, 15) is 9.18 Å². The zero-order chi connectivity index (χ0) is 21.1. The van der Waals surface area contributed by atoms with Gasteiger partial charge in [0.25, 0.3) is 5.91 Å². The lowest BCUT2D eigenvalue weighted by atomic mass is 10.2. The minimum Gasteiger partial charge on any atom is -0.368 e. The fourth-order valence-electron chi connectivity index (χ4n) is 4.73. The summed E-state index contributed by atoms with van der Waals surface area (Å²) in [6.45, 7) is 6.05. The summed E-state index contributed by atoms with van der Waals surface area (Å²) in [7, 11) is 0.367. The van der Waals surface area contributed by atoms with Gasteiger partial charge in [0.15, 0.2) is 11.5 Å². The van der Waals surface area contributed by atoms with Crippen molar-refractivity contribution in [2.75, 3.05) is 26.2 Å². The fraction of sp³-hybridized carbons (Fsp3) is 0.391. The van der Waals surface area contributed by atoms with Crippen LogP contribution in [0.1, 0.15) is 24.1 Å². The van der Waals surface area contributed by atoms with Crippen LogP contribution in [0.2, 0.25) is 0 Å². The molecule has 2 aromatic rings. The second kappa shape index (κ2) is 7.28. The number of aromatic nitrogens is 2. The highest BCUT2D eigenvalue weighted by atomic mass is 31.1. The summed E-state index contributed by atoms with van der Waals surface area (Å²) in [5, 5.41) is 0.887. The Kier molecular flexibility index (Phi) is 4.51. The molecule has 1 amide bonds. The van der Waals surface area contributed by atoms with Gasteiger partial charge >= 0.3 is 0 Å². The van der Waals surface area contributed by atoms with E-state index in [4.69, 9.17) is 0 Å². The van der Waals surface area contributed by atoms with Gasteiger partial charge in [-0.3, -0.25) is 9.69 Å². The Bertz CT molecular complexity index is 1160. The lowest BCUT2D eigenvalue weighted by molar-refractivity contribution is -0.123. The predicted octanol–water partition coefficient (Wildman–Crippen LogP) is 3.16. The van der Waals surface area contributed by atoms with E-state index in [1.807, 2.05) is 24.2 Å². The average molecular weight is 437 g/mol. The van der Waals surface area contributed by atoms with Crippen LogP contribution in [0.3, 0.4) is 0 Å². The average Bonchev–Trinajstić information content (AvgIpc) is 3.55. The summed E-state index contributed by atoms with van der Waals surface area (Å²) in [6, 6.07) is 2.31. The van der Waals surface area contributed by atoms with Crippen molar-refractivity contribution in [3.05, 3.63) is 65.7 Å². The van der Waals surface area contributed by atoms with E-state index in [0.29, 0.717) is 14.2 Å². The number of hydrogen-bond donors (Lipinski definition) is 0. The Labute approximate surface area is 182 Å². The number of carbonyl (C=O) groups excluding carboxylic acids is 1. The third kappa shape index (κ3) is 3.50. The lowest BCUT2D eigenvalue weighted by Gasteiger charge is -2.40. The molecule has 0 aromatic carbocycles. The zero-order valence-corrected chi connectivity index (χ0v) is 18.5. The first kappa shape index (κ1) is 19.2. The second-order valence-corrected chi connectivity index (χ2v) is 10.2. The number of nitrogens with zero attached hydrogens (tertiary/aromatic N) is 5. The number of amides is 1. The quantitative estimate of drug-likeness (QED) is 0.692. The molecule has 1 saturated carbocycles. The Hall–Kier alpha value is -2.50. The molecule has 3 aliphatic heterocycles. The van der Waals surface area contributed by atoms with Crippen molar-refractivity contribution >= 4 is 25.4 Å². The van der Waals surface area contributed by atoms with Crippen molar-refractivity contribution in [1.82, 2.24) is 24.1 Å². The number of allylic oxidation sites excluding steroid dienone is 1. The minimum atomic E-state index is -0.363. The summed E-state index contributed by atoms with van der Waals surface area (Å²) in [4.78, 5) is 24.0. The van der Waals surface area contributed by atoms with Gasteiger partial charge in [0.1, 0.15) is 0 Å². The largest absolute Gasteiger partial charge is 0.368 e. The first-order valence-corrected chi connectivity index (χ1v) is 12.0. The highest BCUT2D eigenvalue weighted by molar-refractivity contribution is 7.51. The molecule has 8 heteroatoms. The number of rotatable bonds is 3. The van der Waals surface area contributed by atoms with E-state index in [-0.39, 0.29) is 17.5 Å². The number of hydrogen-bond acceptors (Lipinski definition) is 4. The SMILES string of the molecule is Cc1cn2cc(C3=CC(=O)N4C=C(N5CCN(C6CC6)CC5)C=CC4P3)cc(F)c2n1. The first-order chi connectivity index (χ1) is 15.0. The van der Waals surface area contributed by atoms with Crippen LogP contribution in [0, 0.1) is 12.7 Å². The van der Waals surface area contributed by atoms with Gasteiger partial charge in [0.05, 0.1) is 17.2 Å². The monoisotopic (exact) mass is 437 g/mol. The van der Waals surface area contributed by atoms with E-state index < -0.39 is 0 Å². The number of aryl methyl sites for hydroxylation is 1. The molecule has 1 saturated heterocycles. The lowest BCUT2D eigenvalue weighted by Crippen LogP contribution is -2.47. The number of fused-ring (bicyclic) bond motifs is 2. The molecule has 2 atom stereocenters. The number of imidazole rings is 1. The van der Waals surface area contributed by atoms with E-state index >= 15 is 0 Å². The van der Waals surface area contributed by atoms with E-state index in [0.717, 1.165) is 54.5 Å². The topological polar surface area (TPSA) is 44.1 Å². The fourth-order valence-corrected chi connectivity index (χ4v) is 6.09. The molecule has 0 radical (unpaired) electrons. The molecule has 1 aliphatic carbocycles. The molecule has 6 nitrogen and oxygen atoms in total. The molecule has 2 fully saturated rings. The number of pyridine rings is 1. The summed E-state index contributed by atoms with van der Waals surface area (Å²) < 4.78 is 16.3.